The number of carbonyl (C=O) groups excluding carboxylic acids is 1. The smallest absolute Gasteiger partial charge is 0.234 e. The van der Waals surface area contributed by atoms with E-state index in [0.29, 0.717) is 26.3 Å². The van der Waals surface area contributed by atoms with E-state index >= 15 is 0 Å². The molecule has 1 aromatic carbocycles. The summed E-state index contributed by atoms with van der Waals surface area (Å²) < 4.78 is 11.0. The highest BCUT2D eigenvalue weighted by molar-refractivity contribution is 5.78. The van der Waals surface area contributed by atoms with Crippen LogP contribution in [0.5, 0.6) is 11.5 Å². The van der Waals surface area contributed by atoms with Crippen molar-refractivity contribution in [2.24, 2.45) is 0 Å². The molecule has 24 heavy (non-hydrogen) atoms. The van der Waals surface area contributed by atoms with E-state index in [1.807, 2.05) is 31.2 Å². The SMILES string of the molecule is CCOc1ccc(OCCNC(=O)CN2CCN(CC)CC2)cc1. The highest BCUT2D eigenvalue weighted by Gasteiger charge is 2.17. The maximum absolute atomic E-state index is 12.0. The lowest BCUT2D eigenvalue weighted by Gasteiger charge is -2.33. The maximum atomic E-state index is 12.0. The number of nitrogens with zero attached hydrogens (tertiary/aromatic N) is 2. The number of likely N-dealkylation sites (N-methyl/N-ethyl adjacent to an activating group) is 1. The van der Waals surface area contributed by atoms with Gasteiger partial charge in [0.1, 0.15) is 18.1 Å². The van der Waals surface area contributed by atoms with E-state index in [1.165, 1.54) is 0 Å². The fourth-order valence-electron chi connectivity index (χ4n) is 2.68. The summed E-state index contributed by atoms with van der Waals surface area (Å²) in [6, 6.07) is 7.51. The van der Waals surface area contributed by atoms with Crippen LogP contribution in [0.15, 0.2) is 24.3 Å². The van der Waals surface area contributed by atoms with Gasteiger partial charge in [-0.3, -0.25) is 9.69 Å². The molecule has 0 unspecified atom stereocenters. The number of piperazine rings is 1. The van der Waals surface area contributed by atoms with Crippen molar-refractivity contribution in [1.82, 2.24) is 15.1 Å². The number of benzene rings is 1. The molecule has 0 aromatic heterocycles. The summed E-state index contributed by atoms with van der Waals surface area (Å²) in [6.45, 7) is 11.3. The standard InChI is InChI=1S/C18H29N3O3/c1-3-20-10-12-21(13-11-20)15-18(22)19-9-14-24-17-7-5-16(6-8-17)23-4-2/h5-8H,3-4,9-15H2,1-2H3,(H,19,22). The maximum Gasteiger partial charge on any atom is 0.234 e. The van der Waals surface area contributed by atoms with E-state index in [9.17, 15) is 4.79 Å². The highest BCUT2D eigenvalue weighted by atomic mass is 16.5. The third kappa shape index (κ3) is 6.37. The molecule has 6 heteroatoms. The largest absolute Gasteiger partial charge is 0.494 e. The molecule has 1 aromatic rings. The van der Waals surface area contributed by atoms with Crippen molar-refractivity contribution in [3.05, 3.63) is 24.3 Å². The van der Waals surface area contributed by atoms with Gasteiger partial charge in [-0.25, -0.2) is 0 Å². The topological polar surface area (TPSA) is 54.0 Å². The molecule has 1 N–H and O–H groups in total. The molecule has 1 heterocycles. The van der Waals surface area contributed by atoms with Crippen LogP contribution in [0.4, 0.5) is 0 Å². The third-order valence-electron chi connectivity index (χ3n) is 4.11. The summed E-state index contributed by atoms with van der Waals surface area (Å²) in [4.78, 5) is 16.6. The summed E-state index contributed by atoms with van der Waals surface area (Å²) in [5.41, 5.74) is 0. The molecule has 1 amide bonds. The van der Waals surface area contributed by atoms with Crippen LogP contribution in [0.1, 0.15) is 13.8 Å². The van der Waals surface area contributed by atoms with Crippen LogP contribution in [0, 0.1) is 0 Å². The van der Waals surface area contributed by atoms with E-state index in [2.05, 4.69) is 22.0 Å². The lowest BCUT2D eigenvalue weighted by Crippen LogP contribution is -2.49. The van der Waals surface area contributed by atoms with E-state index in [0.717, 1.165) is 44.2 Å². The van der Waals surface area contributed by atoms with E-state index < -0.39 is 0 Å². The van der Waals surface area contributed by atoms with Gasteiger partial charge in [0.15, 0.2) is 0 Å². The Morgan fingerprint density at radius 2 is 1.58 bits per heavy atom. The fraction of sp³-hybridized carbons (Fsp3) is 0.611. The summed E-state index contributed by atoms with van der Waals surface area (Å²) >= 11 is 0. The van der Waals surface area contributed by atoms with Gasteiger partial charge in [-0.1, -0.05) is 6.92 Å². The van der Waals surface area contributed by atoms with Crippen LogP contribution in [0.25, 0.3) is 0 Å². The Hall–Kier alpha value is -1.79. The van der Waals surface area contributed by atoms with Crippen molar-refractivity contribution in [1.29, 1.82) is 0 Å². The molecule has 2 rings (SSSR count). The zero-order valence-electron chi connectivity index (χ0n) is 14.8. The molecule has 0 bridgehead atoms. The van der Waals surface area contributed by atoms with E-state index in [4.69, 9.17) is 9.47 Å². The number of ether oxygens (including phenoxy) is 2. The second-order valence-corrected chi connectivity index (χ2v) is 5.81. The first kappa shape index (κ1) is 18.5. The second-order valence-electron chi connectivity index (χ2n) is 5.81. The van der Waals surface area contributed by atoms with E-state index in [1.54, 1.807) is 0 Å². The number of amides is 1. The van der Waals surface area contributed by atoms with Crippen molar-refractivity contribution in [3.63, 3.8) is 0 Å². The normalized spacial score (nSPS) is 15.9. The number of nitrogens with one attached hydrogen (secondary N) is 1. The zero-order valence-corrected chi connectivity index (χ0v) is 14.8. The minimum absolute atomic E-state index is 0.0650. The molecule has 1 aliphatic heterocycles. The number of rotatable bonds is 9. The molecule has 0 aliphatic carbocycles. The summed E-state index contributed by atoms with van der Waals surface area (Å²) in [5.74, 6) is 1.68. The van der Waals surface area contributed by atoms with Gasteiger partial charge < -0.3 is 19.7 Å². The van der Waals surface area contributed by atoms with Gasteiger partial charge in [-0.15, -0.1) is 0 Å². The molecular formula is C18H29N3O3. The number of hydrogen-bond donors (Lipinski definition) is 1. The molecule has 0 radical (unpaired) electrons. The minimum Gasteiger partial charge on any atom is -0.494 e. The van der Waals surface area contributed by atoms with Gasteiger partial charge in [0.05, 0.1) is 19.7 Å². The fourth-order valence-corrected chi connectivity index (χ4v) is 2.68. The quantitative estimate of drug-likeness (QED) is 0.688. The van der Waals surface area contributed by atoms with E-state index in [-0.39, 0.29) is 5.91 Å². The molecule has 0 spiro atoms. The molecular weight excluding hydrogens is 306 g/mol. The Labute approximate surface area is 144 Å². The van der Waals surface area contributed by atoms with Crippen molar-refractivity contribution in [2.75, 3.05) is 59.0 Å². The van der Waals surface area contributed by atoms with Crippen LogP contribution in [0.2, 0.25) is 0 Å². The van der Waals surface area contributed by atoms with Crippen LogP contribution in [-0.4, -0.2) is 74.7 Å². The van der Waals surface area contributed by atoms with Crippen LogP contribution >= 0.6 is 0 Å². The van der Waals surface area contributed by atoms with Gasteiger partial charge in [-0.2, -0.15) is 0 Å². The predicted octanol–water partition coefficient (Wildman–Crippen LogP) is 1.22. The van der Waals surface area contributed by atoms with Crippen molar-refractivity contribution in [2.45, 2.75) is 13.8 Å². The molecule has 1 aliphatic rings. The first-order valence-electron chi connectivity index (χ1n) is 8.78. The van der Waals surface area contributed by atoms with Crippen molar-refractivity contribution in [3.8, 4) is 11.5 Å². The molecule has 134 valence electrons. The molecule has 6 nitrogen and oxygen atoms in total. The Morgan fingerprint density at radius 1 is 1.00 bits per heavy atom. The Kier molecular flexibility index (Phi) is 7.85. The average Bonchev–Trinajstić information content (AvgIpc) is 2.61. The lowest BCUT2D eigenvalue weighted by molar-refractivity contribution is -0.122. The Morgan fingerprint density at radius 3 is 2.17 bits per heavy atom. The second kappa shape index (κ2) is 10.2. The molecule has 0 saturated carbocycles. The summed E-state index contributed by atoms with van der Waals surface area (Å²) in [5, 5.41) is 2.91. The zero-order chi connectivity index (χ0) is 17.2. The third-order valence-corrected chi connectivity index (χ3v) is 4.11. The number of carbonyl (C=O) groups is 1. The van der Waals surface area contributed by atoms with Crippen molar-refractivity contribution < 1.29 is 14.3 Å². The van der Waals surface area contributed by atoms with Gasteiger partial charge in [0.2, 0.25) is 5.91 Å². The number of hydrogen-bond acceptors (Lipinski definition) is 5. The predicted molar refractivity (Wildman–Crippen MR) is 94.7 cm³/mol. The van der Waals surface area contributed by atoms with Gasteiger partial charge >= 0.3 is 0 Å². The molecule has 1 saturated heterocycles. The minimum atomic E-state index is 0.0650. The van der Waals surface area contributed by atoms with Crippen molar-refractivity contribution >= 4 is 5.91 Å². The first-order valence-corrected chi connectivity index (χ1v) is 8.78. The van der Waals surface area contributed by atoms with Crippen LogP contribution in [-0.2, 0) is 4.79 Å². The Balaban J connectivity index is 1.57. The Bertz CT molecular complexity index is 485. The van der Waals surface area contributed by atoms with Crippen LogP contribution < -0.4 is 14.8 Å². The average molecular weight is 335 g/mol. The molecule has 0 atom stereocenters. The highest BCUT2D eigenvalue weighted by Crippen LogP contribution is 2.17. The molecule has 1 fully saturated rings. The summed E-state index contributed by atoms with van der Waals surface area (Å²) in [7, 11) is 0. The first-order chi connectivity index (χ1) is 11.7. The van der Waals surface area contributed by atoms with Gasteiger partial charge in [-0.05, 0) is 37.7 Å². The van der Waals surface area contributed by atoms with Gasteiger partial charge in [0, 0.05) is 26.2 Å². The summed E-state index contributed by atoms with van der Waals surface area (Å²) in [6.07, 6.45) is 0. The van der Waals surface area contributed by atoms with Gasteiger partial charge in [0.25, 0.3) is 0 Å². The van der Waals surface area contributed by atoms with Crippen LogP contribution in [0.3, 0.4) is 0 Å². The lowest BCUT2D eigenvalue weighted by atomic mass is 10.3. The monoisotopic (exact) mass is 335 g/mol.